The van der Waals surface area contributed by atoms with Crippen LogP contribution in [-0.4, -0.2) is 11.2 Å². The van der Waals surface area contributed by atoms with Gasteiger partial charge in [0.15, 0.2) is 0 Å². The van der Waals surface area contributed by atoms with E-state index in [9.17, 15) is 10.1 Å². The van der Waals surface area contributed by atoms with Gasteiger partial charge in [0.05, 0.1) is 4.92 Å². The molecule has 0 unspecified atom stereocenters. The van der Waals surface area contributed by atoms with Crippen molar-refractivity contribution >= 4 is 39.1 Å². The number of nitrogens with zero attached hydrogens (tertiary/aromatic N) is 1. The third-order valence-corrected chi connectivity index (χ3v) is 4.11. The zero-order chi connectivity index (χ0) is 14.5. The molecule has 6 heteroatoms. The molecule has 104 valence electrons. The summed E-state index contributed by atoms with van der Waals surface area (Å²) in [5.74, 6) is 0. The number of benzene rings is 2. The van der Waals surface area contributed by atoms with Crippen molar-refractivity contribution in [3.63, 3.8) is 0 Å². The van der Waals surface area contributed by atoms with Crippen molar-refractivity contribution in [1.29, 1.82) is 0 Å². The minimum absolute atomic E-state index is 0.119. The molecule has 2 aromatic rings. The lowest BCUT2D eigenvalue weighted by molar-refractivity contribution is -0.385. The monoisotopic (exact) mass is 352 g/mol. The summed E-state index contributed by atoms with van der Waals surface area (Å²) in [7, 11) is 0. The van der Waals surface area contributed by atoms with E-state index in [4.69, 9.17) is 0 Å². The van der Waals surface area contributed by atoms with Gasteiger partial charge in [0.2, 0.25) is 0 Å². The van der Waals surface area contributed by atoms with E-state index in [-0.39, 0.29) is 10.6 Å². The van der Waals surface area contributed by atoms with E-state index < -0.39 is 0 Å². The van der Waals surface area contributed by atoms with Crippen LogP contribution in [0.4, 0.5) is 11.4 Å². The second-order valence-corrected chi connectivity index (χ2v) is 5.85. The van der Waals surface area contributed by atoms with Gasteiger partial charge in [-0.1, -0.05) is 28.1 Å². The van der Waals surface area contributed by atoms with Gasteiger partial charge in [0, 0.05) is 33.2 Å². The minimum atomic E-state index is -0.359. The van der Waals surface area contributed by atoms with Gasteiger partial charge in [-0.3, -0.25) is 10.1 Å². The van der Waals surface area contributed by atoms with Crippen LogP contribution in [0, 0.1) is 10.1 Å². The second-order valence-electron chi connectivity index (χ2n) is 4.08. The standard InChI is InChI=1S/C14H13BrN2O2S/c1-20-14-5-3-2-4-12(14)16-9-10-6-7-11(15)8-13(10)17(18)19/h2-8,16H,9H2,1H3. The van der Waals surface area contributed by atoms with Crippen molar-refractivity contribution < 1.29 is 4.92 Å². The first-order valence-corrected chi connectivity index (χ1v) is 7.93. The maximum atomic E-state index is 11.1. The predicted molar refractivity (Wildman–Crippen MR) is 86.3 cm³/mol. The Hall–Kier alpha value is -1.53. The highest BCUT2D eigenvalue weighted by atomic mass is 79.9. The molecule has 0 amide bonds. The van der Waals surface area contributed by atoms with Crippen LogP contribution in [0.5, 0.6) is 0 Å². The predicted octanol–water partition coefficient (Wildman–Crippen LogP) is 4.69. The van der Waals surface area contributed by atoms with Crippen molar-refractivity contribution in [1.82, 2.24) is 0 Å². The van der Waals surface area contributed by atoms with Gasteiger partial charge in [-0.15, -0.1) is 11.8 Å². The molecule has 0 heterocycles. The molecule has 0 aliphatic carbocycles. The molecule has 0 atom stereocenters. The number of nitro groups is 1. The molecule has 0 saturated carbocycles. The van der Waals surface area contributed by atoms with Crippen LogP contribution >= 0.6 is 27.7 Å². The molecular weight excluding hydrogens is 340 g/mol. The molecular formula is C14H13BrN2O2S. The zero-order valence-corrected chi connectivity index (χ0v) is 13.2. The molecule has 0 aromatic heterocycles. The van der Waals surface area contributed by atoms with Gasteiger partial charge in [-0.25, -0.2) is 0 Å². The van der Waals surface area contributed by atoms with Gasteiger partial charge >= 0.3 is 0 Å². The lowest BCUT2D eigenvalue weighted by atomic mass is 10.2. The number of halogens is 1. The summed E-state index contributed by atoms with van der Waals surface area (Å²) in [6.45, 7) is 0.418. The first kappa shape index (κ1) is 14.9. The summed E-state index contributed by atoms with van der Waals surface area (Å²) in [4.78, 5) is 11.8. The number of nitro benzene ring substituents is 1. The minimum Gasteiger partial charge on any atom is -0.380 e. The van der Waals surface area contributed by atoms with E-state index in [0.717, 1.165) is 10.6 Å². The molecule has 0 fully saturated rings. The summed E-state index contributed by atoms with van der Waals surface area (Å²) < 4.78 is 0.706. The summed E-state index contributed by atoms with van der Waals surface area (Å²) in [6, 6.07) is 13.0. The Morgan fingerprint density at radius 3 is 2.75 bits per heavy atom. The smallest absolute Gasteiger partial charge is 0.275 e. The first-order chi connectivity index (χ1) is 9.61. The molecule has 0 saturated heterocycles. The Morgan fingerprint density at radius 2 is 2.05 bits per heavy atom. The van der Waals surface area contributed by atoms with Gasteiger partial charge in [0.1, 0.15) is 0 Å². The number of hydrogen-bond donors (Lipinski definition) is 1. The van der Waals surface area contributed by atoms with E-state index >= 15 is 0 Å². The van der Waals surface area contributed by atoms with Crippen LogP contribution in [0.1, 0.15) is 5.56 Å². The fourth-order valence-corrected chi connectivity index (χ4v) is 2.76. The van der Waals surface area contributed by atoms with E-state index in [1.807, 2.05) is 36.6 Å². The number of rotatable bonds is 5. The van der Waals surface area contributed by atoms with E-state index in [1.54, 1.807) is 17.8 Å². The van der Waals surface area contributed by atoms with E-state index in [1.165, 1.54) is 6.07 Å². The molecule has 1 N–H and O–H groups in total. The van der Waals surface area contributed by atoms with Crippen molar-refractivity contribution in [2.75, 3.05) is 11.6 Å². The average Bonchev–Trinajstić information content (AvgIpc) is 2.46. The molecule has 2 rings (SSSR count). The van der Waals surface area contributed by atoms with Crippen LogP contribution in [0.2, 0.25) is 0 Å². The normalized spacial score (nSPS) is 10.3. The summed E-state index contributed by atoms with van der Waals surface area (Å²) in [5.41, 5.74) is 1.76. The Bertz CT molecular complexity index is 634. The number of hydrogen-bond acceptors (Lipinski definition) is 4. The molecule has 0 aliphatic rings. The molecule has 0 spiro atoms. The number of thioether (sulfide) groups is 1. The first-order valence-electron chi connectivity index (χ1n) is 5.91. The van der Waals surface area contributed by atoms with Crippen molar-refractivity contribution in [3.05, 3.63) is 62.6 Å². The third-order valence-electron chi connectivity index (χ3n) is 2.82. The summed E-state index contributed by atoms with van der Waals surface area (Å²) >= 11 is 4.89. The van der Waals surface area contributed by atoms with Crippen molar-refractivity contribution in [2.24, 2.45) is 0 Å². The Balaban J connectivity index is 2.21. The van der Waals surface area contributed by atoms with E-state index in [2.05, 4.69) is 21.2 Å². The Labute approximate surface area is 129 Å². The van der Waals surface area contributed by atoms with Crippen LogP contribution in [0.3, 0.4) is 0 Å². The maximum absolute atomic E-state index is 11.1. The summed E-state index contributed by atoms with van der Waals surface area (Å²) in [6.07, 6.45) is 2.00. The van der Waals surface area contributed by atoms with Crippen LogP contribution in [0.15, 0.2) is 51.8 Å². The highest BCUT2D eigenvalue weighted by Gasteiger charge is 2.14. The quantitative estimate of drug-likeness (QED) is 0.481. The van der Waals surface area contributed by atoms with Gasteiger partial charge < -0.3 is 5.32 Å². The fourth-order valence-electron chi connectivity index (χ4n) is 1.84. The third kappa shape index (κ3) is 3.52. The van der Waals surface area contributed by atoms with E-state index in [0.29, 0.717) is 16.6 Å². The maximum Gasteiger partial charge on any atom is 0.275 e. The topological polar surface area (TPSA) is 55.2 Å². The van der Waals surface area contributed by atoms with Crippen LogP contribution in [-0.2, 0) is 6.54 Å². The van der Waals surface area contributed by atoms with Crippen molar-refractivity contribution in [2.45, 2.75) is 11.4 Å². The molecule has 2 aromatic carbocycles. The molecule has 20 heavy (non-hydrogen) atoms. The Morgan fingerprint density at radius 1 is 1.30 bits per heavy atom. The lowest BCUT2D eigenvalue weighted by Crippen LogP contribution is -2.03. The average molecular weight is 353 g/mol. The van der Waals surface area contributed by atoms with Crippen LogP contribution in [0.25, 0.3) is 0 Å². The van der Waals surface area contributed by atoms with Crippen molar-refractivity contribution in [3.8, 4) is 0 Å². The fraction of sp³-hybridized carbons (Fsp3) is 0.143. The Kier molecular flexibility index (Phi) is 5.03. The number of nitrogens with one attached hydrogen (secondary N) is 1. The highest BCUT2D eigenvalue weighted by molar-refractivity contribution is 9.10. The SMILES string of the molecule is CSc1ccccc1NCc1ccc(Br)cc1[N+](=O)[O-]. The van der Waals surface area contributed by atoms with Gasteiger partial charge in [-0.2, -0.15) is 0 Å². The molecule has 0 radical (unpaired) electrons. The van der Waals surface area contributed by atoms with Crippen LogP contribution < -0.4 is 5.32 Å². The number of anilines is 1. The van der Waals surface area contributed by atoms with Gasteiger partial charge in [0.25, 0.3) is 5.69 Å². The molecule has 0 bridgehead atoms. The molecule has 4 nitrogen and oxygen atoms in total. The van der Waals surface area contributed by atoms with Gasteiger partial charge in [-0.05, 0) is 30.5 Å². The number of para-hydroxylation sites is 1. The second kappa shape index (κ2) is 6.76. The zero-order valence-electron chi connectivity index (χ0n) is 10.8. The summed E-state index contributed by atoms with van der Waals surface area (Å²) in [5, 5.41) is 14.3. The highest BCUT2D eigenvalue weighted by Crippen LogP contribution is 2.27. The lowest BCUT2D eigenvalue weighted by Gasteiger charge is -2.10. The largest absolute Gasteiger partial charge is 0.380 e. The molecule has 0 aliphatic heterocycles.